The summed E-state index contributed by atoms with van der Waals surface area (Å²) < 4.78 is 24.0. The van der Waals surface area contributed by atoms with Gasteiger partial charge in [0.2, 0.25) is 0 Å². The highest BCUT2D eigenvalue weighted by molar-refractivity contribution is 7.10. The van der Waals surface area contributed by atoms with Crippen molar-refractivity contribution in [2.45, 2.75) is 5.38 Å². The van der Waals surface area contributed by atoms with Gasteiger partial charge in [-0.15, -0.1) is 11.3 Å². The van der Waals surface area contributed by atoms with Gasteiger partial charge >= 0.3 is 5.38 Å². The number of thiophene rings is 1. The summed E-state index contributed by atoms with van der Waals surface area (Å²) in [6, 6.07) is 3.53. The smallest absolute Gasteiger partial charge is 0.184 e. The Balaban J connectivity index is 2.63. The van der Waals surface area contributed by atoms with E-state index in [0.29, 0.717) is 6.08 Å². The molecule has 1 heterocycles. The molecular formula is C7H5ClF2S. The Morgan fingerprint density at radius 3 is 2.73 bits per heavy atom. The van der Waals surface area contributed by atoms with Gasteiger partial charge in [-0.05, 0) is 29.1 Å². The second-order valence-electron chi connectivity index (χ2n) is 1.89. The highest BCUT2D eigenvalue weighted by atomic mass is 35.5. The van der Waals surface area contributed by atoms with E-state index in [1.54, 1.807) is 12.1 Å². The molecule has 1 rings (SSSR count). The number of hydrogen-bond acceptors (Lipinski definition) is 1. The van der Waals surface area contributed by atoms with Crippen molar-refractivity contribution in [2.24, 2.45) is 0 Å². The Kier molecular flexibility index (Phi) is 2.62. The second kappa shape index (κ2) is 3.32. The largest absolute Gasteiger partial charge is 0.341 e. The predicted molar refractivity (Wildman–Crippen MR) is 44.2 cm³/mol. The van der Waals surface area contributed by atoms with E-state index >= 15 is 0 Å². The van der Waals surface area contributed by atoms with Crippen molar-refractivity contribution in [3.05, 3.63) is 28.5 Å². The third-order valence-electron chi connectivity index (χ3n) is 0.980. The van der Waals surface area contributed by atoms with E-state index in [2.05, 4.69) is 11.6 Å². The summed E-state index contributed by atoms with van der Waals surface area (Å²) >= 11 is 6.02. The number of allylic oxidation sites excluding steroid dienone is 1. The molecular weight excluding hydrogens is 190 g/mol. The normalized spacial score (nSPS) is 12.6. The van der Waals surface area contributed by atoms with Gasteiger partial charge in [-0.2, -0.15) is 8.78 Å². The zero-order chi connectivity index (χ0) is 8.32. The van der Waals surface area contributed by atoms with Crippen LogP contribution in [0, 0.1) is 0 Å². The van der Waals surface area contributed by atoms with Gasteiger partial charge in [-0.3, -0.25) is 0 Å². The molecule has 0 fully saturated rings. The van der Waals surface area contributed by atoms with Gasteiger partial charge in [0, 0.05) is 11.0 Å². The quantitative estimate of drug-likeness (QED) is 0.632. The lowest BCUT2D eigenvalue weighted by molar-refractivity contribution is 0.154. The number of halogens is 3. The topological polar surface area (TPSA) is 0 Å². The fourth-order valence-electron chi connectivity index (χ4n) is 0.563. The van der Waals surface area contributed by atoms with Crippen molar-refractivity contribution >= 4 is 29.0 Å². The summed E-state index contributed by atoms with van der Waals surface area (Å²) in [4.78, 5) is 0.769. The maximum atomic E-state index is 12.0. The molecule has 0 amide bonds. The molecule has 0 unspecified atom stereocenters. The SMILES string of the molecule is FC(F)(Cl)/C=C/c1cccs1. The van der Waals surface area contributed by atoms with Crippen LogP contribution in [-0.4, -0.2) is 5.38 Å². The zero-order valence-corrected chi connectivity index (χ0v) is 7.00. The number of alkyl halides is 3. The molecule has 60 valence electrons. The van der Waals surface area contributed by atoms with Crippen LogP contribution in [0.1, 0.15) is 4.88 Å². The van der Waals surface area contributed by atoms with Crippen molar-refractivity contribution in [3.8, 4) is 0 Å². The molecule has 0 aliphatic carbocycles. The van der Waals surface area contributed by atoms with Crippen molar-refractivity contribution in [1.82, 2.24) is 0 Å². The van der Waals surface area contributed by atoms with Gasteiger partial charge in [-0.1, -0.05) is 6.07 Å². The van der Waals surface area contributed by atoms with Crippen LogP contribution in [0.15, 0.2) is 23.6 Å². The third-order valence-corrected chi connectivity index (χ3v) is 1.94. The Morgan fingerprint density at radius 2 is 2.27 bits per heavy atom. The first kappa shape index (κ1) is 8.68. The third kappa shape index (κ3) is 3.49. The van der Waals surface area contributed by atoms with Crippen LogP contribution in [-0.2, 0) is 0 Å². The molecule has 0 nitrogen and oxygen atoms in total. The summed E-state index contributed by atoms with van der Waals surface area (Å²) in [6.07, 6.45) is 1.97. The van der Waals surface area contributed by atoms with Crippen molar-refractivity contribution in [1.29, 1.82) is 0 Å². The van der Waals surface area contributed by atoms with Crippen LogP contribution in [0.4, 0.5) is 8.78 Å². The zero-order valence-electron chi connectivity index (χ0n) is 5.43. The molecule has 4 heteroatoms. The molecule has 0 radical (unpaired) electrons. The first-order valence-electron chi connectivity index (χ1n) is 2.87. The Labute approximate surface area is 72.1 Å². The molecule has 0 saturated heterocycles. The molecule has 0 N–H and O–H groups in total. The highest BCUT2D eigenvalue weighted by Crippen LogP contribution is 2.22. The molecule has 11 heavy (non-hydrogen) atoms. The molecule has 0 atom stereocenters. The number of hydrogen-bond donors (Lipinski definition) is 0. The van der Waals surface area contributed by atoms with E-state index in [0.717, 1.165) is 4.88 Å². The summed E-state index contributed by atoms with van der Waals surface area (Å²) in [7, 11) is 0. The molecule has 1 aromatic heterocycles. The summed E-state index contributed by atoms with van der Waals surface area (Å²) in [5.74, 6) is 0. The minimum Gasteiger partial charge on any atom is -0.184 e. The van der Waals surface area contributed by atoms with Crippen LogP contribution in [0.25, 0.3) is 6.08 Å². The first-order chi connectivity index (χ1) is 5.08. The molecule has 0 spiro atoms. The maximum absolute atomic E-state index is 12.0. The summed E-state index contributed by atoms with van der Waals surface area (Å²) in [5, 5.41) is -1.42. The predicted octanol–water partition coefficient (Wildman–Crippen LogP) is 3.59. The lowest BCUT2D eigenvalue weighted by atomic mass is 10.4. The first-order valence-corrected chi connectivity index (χ1v) is 4.13. The Hall–Kier alpha value is -0.410. The molecule has 0 aliphatic rings. The van der Waals surface area contributed by atoms with Gasteiger partial charge < -0.3 is 0 Å². The van der Waals surface area contributed by atoms with Crippen LogP contribution >= 0.6 is 22.9 Å². The average molecular weight is 195 g/mol. The number of rotatable bonds is 2. The van der Waals surface area contributed by atoms with E-state index in [1.807, 2.05) is 5.38 Å². The van der Waals surface area contributed by atoms with E-state index in [1.165, 1.54) is 17.4 Å². The van der Waals surface area contributed by atoms with Crippen LogP contribution in [0.3, 0.4) is 0 Å². The molecule has 1 aromatic rings. The monoisotopic (exact) mass is 194 g/mol. The average Bonchev–Trinajstić information content (AvgIpc) is 2.32. The Bertz CT molecular complexity index is 235. The van der Waals surface area contributed by atoms with Crippen LogP contribution < -0.4 is 0 Å². The van der Waals surface area contributed by atoms with Crippen molar-refractivity contribution in [2.75, 3.05) is 0 Å². The van der Waals surface area contributed by atoms with Gasteiger partial charge in [0.15, 0.2) is 0 Å². The highest BCUT2D eigenvalue weighted by Gasteiger charge is 2.18. The molecule has 0 aromatic carbocycles. The fraction of sp³-hybridized carbons (Fsp3) is 0.143. The van der Waals surface area contributed by atoms with Crippen molar-refractivity contribution in [3.63, 3.8) is 0 Å². The summed E-state index contributed by atoms with van der Waals surface area (Å²) in [6.45, 7) is 0. The van der Waals surface area contributed by atoms with Crippen LogP contribution in [0.2, 0.25) is 0 Å². The molecule has 0 saturated carbocycles. The van der Waals surface area contributed by atoms with E-state index in [-0.39, 0.29) is 0 Å². The van der Waals surface area contributed by atoms with E-state index in [9.17, 15) is 8.78 Å². The van der Waals surface area contributed by atoms with Gasteiger partial charge in [0.05, 0.1) is 0 Å². The minimum absolute atomic E-state index is 0.667. The standard InChI is InChI=1S/C7H5ClF2S/c8-7(9,10)4-3-6-2-1-5-11-6/h1-5H/b4-3+. The minimum atomic E-state index is -3.23. The molecule has 0 bridgehead atoms. The lowest BCUT2D eigenvalue weighted by Gasteiger charge is -1.96. The van der Waals surface area contributed by atoms with E-state index in [4.69, 9.17) is 0 Å². The second-order valence-corrected chi connectivity index (χ2v) is 3.37. The lowest BCUT2D eigenvalue weighted by Crippen LogP contribution is -1.97. The van der Waals surface area contributed by atoms with Gasteiger partial charge in [0.25, 0.3) is 0 Å². The van der Waals surface area contributed by atoms with Gasteiger partial charge in [-0.25, -0.2) is 0 Å². The maximum Gasteiger partial charge on any atom is 0.341 e. The Morgan fingerprint density at radius 1 is 1.55 bits per heavy atom. The summed E-state index contributed by atoms with van der Waals surface area (Å²) in [5.41, 5.74) is 0. The van der Waals surface area contributed by atoms with Crippen molar-refractivity contribution < 1.29 is 8.78 Å². The molecule has 0 aliphatic heterocycles. The van der Waals surface area contributed by atoms with Gasteiger partial charge in [0.1, 0.15) is 0 Å². The van der Waals surface area contributed by atoms with Crippen LogP contribution in [0.5, 0.6) is 0 Å². The fourth-order valence-corrected chi connectivity index (χ4v) is 1.24. The van der Waals surface area contributed by atoms with E-state index < -0.39 is 5.38 Å².